The van der Waals surface area contributed by atoms with Gasteiger partial charge in [-0.3, -0.25) is 4.79 Å². The minimum Gasteiger partial charge on any atom is -0.269 e. The molecule has 146 valence electrons. The first-order valence-electron chi connectivity index (χ1n) is 9.01. The molecule has 2 heterocycles. The molecule has 4 rings (SSSR count). The van der Waals surface area contributed by atoms with E-state index in [0.29, 0.717) is 16.5 Å². The topological polar surface area (TPSA) is 70.3 Å². The molecule has 8 heteroatoms. The smallest absolute Gasteiger partial charge is 0.269 e. The molecule has 1 aliphatic rings. The number of benzene rings is 2. The van der Waals surface area contributed by atoms with E-state index in [4.69, 9.17) is 0 Å². The Balaban J connectivity index is 1.54. The summed E-state index contributed by atoms with van der Waals surface area (Å²) >= 11 is 4.86. The van der Waals surface area contributed by atoms with Gasteiger partial charge in [0, 0.05) is 15.4 Å². The number of amides is 1. The average Bonchev–Trinajstić information content (AvgIpc) is 3.29. The lowest BCUT2D eigenvalue weighted by atomic mass is 10.1. The van der Waals surface area contributed by atoms with Gasteiger partial charge in [0.1, 0.15) is 0 Å². The summed E-state index contributed by atoms with van der Waals surface area (Å²) in [4.78, 5) is 17.5. The fourth-order valence-corrected chi connectivity index (χ4v) is 3.97. The van der Waals surface area contributed by atoms with E-state index in [2.05, 4.69) is 36.2 Å². The second-order valence-electron chi connectivity index (χ2n) is 6.82. The molecule has 0 radical (unpaired) electrons. The zero-order valence-corrected chi connectivity index (χ0v) is 18.5. The van der Waals surface area contributed by atoms with Crippen LogP contribution in [0.15, 0.2) is 67.6 Å². The SMILES string of the molecule is CC1=NN(c2nc(-c3ccc(C)cc3)cs2)C(=O)[C@@H]1N=Nc1ccc(C)c(Br)c1. The van der Waals surface area contributed by atoms with Crippen molar-refractivity contribution in [1.82, 2.24) is 4.98 Å². The Kier molecular flexibility index (Phi) is 5.38. The lowest BCUT2D eigenvalue weighted by Gasteiger charge is -2.08. The number of aryl methyl sites for hydroxylation is 2. The Bertz CT molecular complexity index is 1140. The highest BCUT2D eigenvalue weighted by Crippen LogP contribution is 2.31. The van der Waals surface area contributed by atoms with E-state index >= 15 is 0 Å². The van der Waals surface area contributed by atoms with E-state index < -0.39 is 6.04 Å². The first-order chi connectivity index (χ1) is 13.9. The van der Waals surface area contributed by atoms with Crippen LogP contribution in [0, 0.1) is 13.8 Å². The van der Waals surface area contributed by atoms with Gasteiger partial charge in [0.2, 0.25) is 5.13 Å². The van der Waals surface area contributed by atoms with Gasteiger partial charge in [0.25, 0.3) is 5.91 Å². The van der Waals surface area contributed by atoms with Crippen molar-refractivity contribution in [2.75, 3.05) is 5.01 Å². The van der Waals surface area contributed by atoms with Gasteiger partial charge in [0.15, 0.2) is 6.04 Å². The molecule has 0 N–H and O–H groups in total. The molecule has 0 saturated carbocycles. The molecule has 3 aromatic rings. The molecule has 0 saturated heterocycles. The van der Waals surface area contributed by atoms with Gasteiger partial charge in [-0.05, 0) is 38.5 Å². The minimum atomic E-state index is -0.734. The Morgan fingerprint density at radius 1 is 1.10 bits per heavy atom. The maximum absolute atomic E-state index is 12.9. The van der Waals surface area contributed by atoms with Gasteiger partial charge in [-0.2, -0.15) is 20.3 Å². The third-order valence-corrected chi connectivity index (χ3v) is 6.23. The lowest BCUT2D eigenvalue weighted by molar-refractivity contribution is -0.117. The van der Waals surface area contributed by atoms with Crippen LogP contribution in [-0.2, 0) is 4.79 Å². The second-order valence-corrected chi connectivity index (χ2v) is 8.52. The van der Waals surface area contributed by atoms with E-state index in [1.165, 1.54) is 21.9 Å². The van der Waals surface area contributed by atoms with Crippen molar-refractivity contribution in [3.05, 3.63) is 63.4 Å². The monoisotopic (exact) mass is 467 g/mol. The van der Waals surface area contributed by atoms with Crippen LogP contribution < -0.4 is 5.01 Å². The fraction of sp³-hybridized carbons (Fsp3) is 0.190. The number of carbonyl (C=O) groups is 1. The lowest BCUT2D eigenvalue weighted by Crippen LogP contribution is -2.29. The first-order valence-corrected chi connectivity index (χ1v) is 10.7. The van der Waals surface area contributed by atoms with E-state index in [0.717, 1.165) is 21.3 Å². The zero-order valence-electron chi connectivity index (χ0n) is 16.1. The molecule has 2 aromatic carbocycles. The number of nitrogens with zero attached hydrogens (tertiary/aromatic N) is 5. The molecule has 0 unspecified atom stereocenters. The van der Waals surface area contributed by atoms with Crippen LogP contribution in [0.2, 0.25) is 0 Å². The number of aromatic nitrogens is 1. The number of anilines is 1. The van der Waals surface area contributed by atoms with Crippen molar-refractivity contribution >= 4 is 49.7 Å². The normalized spacial score (nSPS) is 16.7. The first kappa shape index (κ1) is 19.6. The van der Waals surface area contributed by atoms with Crippen molar-refractivity contribution < 1.29 is 4.79 Å². The van der Waals surface area contributed by atoms with E-state index in [1.54, 1.807) is 6.92 Å². The summed E-state index contributed by atoms with van der Waals surface area (Å²) in [6, 6.07) is 13.1. The van der Waals surface area contributed by atoms with Gasteiger partial charge in [0.05, 0.1) is 17.1 Å². The molecule has 0 fully saturated rings. The number of carbonyl (C=O) groups excluding carboxylic acids is 1. The van der Waals surface area contributed by atoms with Gasteiger partial charge in [-0.25, -0.2) is 4.98 Å². The number of azo groups is 1. The van der Waals surface area contributed by atoms with Crippen molar-refractivity contribution in [3.8, 4) is 11.3 Å². The molecule has 0 aliphatic carbocycles. The van der Waals surface area contributed by atoms with Crippen molar-refractivity contribution in [2.24, 2.45) is 15.3 Å². The summed E-state index contributed by atoms with van der Waals surface area (Å²) in [5, 5.41) is 16.6. The molecule has 6 nitrogen and oxygen atoms in total. The Labute approximate surface area is 181 Å². The summed E-state index contributed by atoms with van der Waals surface area (Å²) in [6.07, 6.45) is 0. The zero-order chi connectivity index (χ0) is 20.5. The van der Waals surface area contributed by atoms with Crippen LogP contribution in [0.1, 0.15) is 18.1 Å². The Hall–Kier alpha value is -2.71. The summed E-state index contributed by atoms with van der Waals surface area (Å²) in [5.74, 6) is -0.248. The van der Waals surface area contributed by atoms with E-state index in [-0.39, 0.29) is 5.91 Å². The molecule has 0 bridgehead atoms. The maximum Gasteiger partial charge on any atom is 0.282 e. The highest BCUT2D eigenvalue weighted by molar-refractivity contribution is 9.10. The van der Waals surface area contributed by atoms with Crippen LogP contribution in [0.5, 0.6) is 0 Å². The molecule has 0 spiro atoms. The van der Waals surface area contributed by atoms with Crippen molar-refractivity contribution in [3.63, 3.8) is 0 Å². The molecule has 1 aliphatic heterocycles. The largest absolute Gasteiger partial charge is 0.282 e. The number of rotatable bonds is 4. The van der Waals surface area contributed by atoms with Gasteiger partial charge in [-0.15, -0.1) is 11.3 Å². The highest BCUT2D eigenvalue weighted by atomic mass is 79.9. The third kappa shape index (κ3) is 4.04. The Morgan fingerprint density at radius 2 is 1.86 bits per heavy atom. The summed E-state index contributed by atoms with van der Waals surface area (Å²) in [5.41, 5.74) is 5.40. The van der Waals surface area contributed by atoms with Crippen LogP contribution >= 0.6 is 27.3 Å². The predicted molar refractivity (Wildman–Crippen MR) is 120 cm³/mol. The highest BCUT2D eigenvalue weighted by Gasteiger charge is 2.36. The van der Waals surface area contributed by atoms with E-state index in [9.17, 15) is 4.79 Å². The minimum absolute atomic E-state index is 0.248. The van der Waals surface area contributed by atoms with Crippen LogP contribution in [0.4, 0.5) is 10.8 Å². The van der Waals surface area contributed by atoms with Crippen LogP contribution in [0.3, 0.4) is 0 Å². The summed E-state index contributed by atoms with van der Waals surface area (Å²) < 4.78 is 0.949. The number of hydrogen-bond acceptors (Lipinski definition) is 6. The quantitative estimate of drug-likeness (QED) is 0.437. The van der Waals surface area contributed by atoms with Gasteiger partial charge < -0.3 is 0 Å². The van der Waals surface area contributed by atoms with Crippen molar-refractivity contribution in [2.45, 2.75) is 26.8 Å². The summed E-state index contributed by atoms with van der Waals surface area (Å²) in [6.45, 7) is 5.82. The fourth-order valence-electron chi connectivity index (χ4n) is 2.81. The Morgan fingerprint density at radius 3 is 2.59 bits per heavy atom. The number of thiazole rings is 1. The van der Waals surface area contributed by atoms with Crippen molar-refractivity contribution in [1.29, 1.82) is 0 Å². The standard InChI is InChI=1S/C21H18BrN5OS/c1-12-4-7-15(8-5-12)18-11-29-21(23-18)27-20(28)19(14(3)26-27)25-24-16-9-6-13(2)17(22)10-16/h4-11,19H,1-3H3/t19-/m1/s1. The third-order valence-electron chi connectivity index (χ3n) is 4.56. The molecular weight excluding hydrogens is 450 g/mol. The maximum atomic E-state index is 12.9. The van der Waals surface area contributed by atoms with Gasteiger partial charge in [-0.1, -0.05) is 51.8 Å². The molecule has 1 aromatic heterocycles. The van der Waals surface area contributed by atoms with Crippen LogP contribution in [-0.4, -0.2) is 22.6 Å². The molecular formula is C21H18BrN5OS. The summed E-state index contributed by atoms with van der Waals surface area (Å²) in [7, 11) is 0. The molecule has 1 atom stereocenters. The number of hydrogen-bond donors (Lipinski definition) is 0. The molecule has 29 heavy (non-hydrogen) atoms. The van der Waals surface area contributed by atoms with Gasteiger partial charge >= 0.3 is 0 Å². The van der Waals surface area contributed by atoms with E-state index in [1.807, 2.05) is 61.7 Å². The second kappa shape index (κ2) is 7.96. The predicted octanol–water partition coefficient (Wildman–Crippen LogP) is 6.06. The number of hydrazone groups is 1. The number of halogens is 1. The van der Waals surface area contributed by atoms with Crippen LogP contribution in [0.25, 0.3) is 11.3 Å². The molecule has 1 amide bonds. The average molecular weight is 468 g/mol.